The fourth-order valence-electron chi connectivity index (χ4n) is 1.90. The number of nitrogens with zero attached hydrogens (tertiary/aromatic N) is 1. The van der Waals surface area contributed by atoms with E-state index < -0.39 is 10.0 Å². The first-order chi connectivity index (χ1) is 9.78. The first kappa shape index (κ1) is 17.6. The van der Waals surface area contributed by atoms with Gasteiger partial charge in [-0.15, -0.1) is 0 Å². The maximum Gasteiger partial charge on any atom is 0.243 e. The number of amides is 1. The van der Waals surface area contributed by atoms with Gasteiger partial charge >= 0.3 is 0 Å². The molecule has 1 aromatic rings. The quantitative estimate of drug-likeness (QED) is 0.776. The highest BCUT2D eigenvalue weighted by atomic mass is 32.2. The third kappa shape index (κ3) is 4.80. The number of hydrogen-bond acceptors (Lipinski definition) is 4. The predicted octanol–water partition coefficient (Wildman–Crippen LogP) is 0.714. The molecule has 0 saturated carbocycles. The van der Waals surface area contributed by atoms with E-state index in [4.69, 9.17) is 5.11 Å². The summed E-state index contributed by atoms with van der Waals surface area (Å²) in [4.78, 5) is 11.0. The molecule has 0 atom stereocenters. The molecule has 0 unspecified atom stereocenters. The van der Waals surface area contributed by atoms with Crippen LogP contribution < -0.4 is 5.32 Å². The van der Waals surface area contributed by atoms with Crippen molar-refractivity contribution in [3.05, 3.63) is 29.8 Å². The van der Waals surface area contributed by atoms with E-state index in [0.717, 1.165) is 5.56 Å². The zero-order valence-electron chi connectivity index (χ0n) is 12.5. The monoisotopic (exact) mass is 314 g/mol. The highest BCUT2D eigenvalue weighted by molar-refractivity contribution is 7.89. The molecule has 1 rings (SSSR count). The van der Waals surface area contributed by atoms with E-state index >= 15 is 0 Å². The average Bonchev–Trinajstić information content (AvgIpc) is 2.42. The second-order valence-corrected chi connectivity index (χ2v) is 6.88. The Morgan fingerprint density at radius 2 is 1.86 bits per heavy atom. The minimum Gasteiger partial charge on any atom is -0.395 e. The number of aliphatic hydroxyl groups excluding tert-OH is 1. The highest BCUT2D eigenvalue weighted by Gasteiger charge is 2.26. The summed E-state index contributed by atoms with van der Waals surface area (Å²) in [5.74, 6) is -0.138. The lowest BCUT2D eigenvalue weighted by molar-refractivity contribution is -0.119. The van der Waals surface area contributed by atoms with Gasteiger partial charge < -0.3 is 10.4 Å². The van der Waals surface area contributed by atoms with Gasteiger partial charge in [-0.1, -0.05) is 12.1 Å². The van der Waals surface area contributed by atoms with Crippen molar-refractivity contribution in [3.63, 3.8) is 0 Å². The molecule has 7 heteroatoms. The molecule has 0 aliphatic rings. The molecule has 0 aromatic heterocycles. The molecule has 2 N–H and O–H groups in total. The van der Waals surface area contributed by atoms with Crippen molar-refractivity contribution >= 4 is 15.9 Å². The van der Waals surface area contributed by atoms with Crippen LogP contribution >= 0.6 is 0 Å². The molecule has 118 valence electrons. The van der Waals surface area contributed by atoms with Gasteiger partial charge in [0.05, 0.1) is 11.5 Å². The summed E-state index contributed by atoms with van der Waals surface area (Å²) in [7, 11) is -3.62. The molecular weight excluding hydrogens is 292 g/mol. The Bertz CT molecular complexity index is 567. The fourth-order valence-corrected chi connectivity index (χ4v) is 3.52. The summed E-state index contributed by atoms with van der Waals surface area (Å²) in [6, 6.07) is 6.13. The van der Waals surface area contributed by atoms with Gasteiger partial charge in [0.25, 0.3) is 0 Å². The molecular formula is C14H22N2O4S. The molecule has 21 heavy (non-hydrogen) atoms. The largest absolute Gasteiger partial charge is 0.395 e. The van der Waals surface area contributed by atoms with Crippen molar-refractivity contribution in [1.29, 1.82) is 0 Å². The van der Waals surface area contributed by atoms with E-state index in [-0.39, 0.29) is 30.0 Å². The predicted molar refractivity (Wildman–Crippen MR) is 80.1 cm³/mol. The molecule has 6 nitrogen and oxygen atoms in total. The maximum absolute atomic E-state index is 12.5. The normalized spacial score (nSPS) is 11.9. The van der Waals surface area contributed by atoms with E-state index in [9.17, 15) is 13.2 Å². The summed E-state index contributed by atoms with van der Waals surface area (Å²) in [5, 5.41) is 11.7. The molecule has 0 saturated heterocycles. The summed E-state index contributed by atoms with van der Waals surface area (Å²) in [5.41, 5.74) is 0.822. The molecule has 0 heterocycles. The van der Waals surface area contributed by atoms with Gasteiger partial charge in [-0.3, -0.25) is 4.79 Å². The van der Waals surface area contributed by atoms with Crippen LogP contribution in [0.2, 0.25) is 0 Å². The molecule has 0 spiro atoms. The second-order valence-electron chi connectivity index (χ2n) is 4.99. The van der Waals surface area contributed by atoms with Gasteiger partial charge in [-0.25, -0.2) is 8.42 Å². The van der Waals surface area contributed by atoms with Gasteiger partial charge in [-0.05, 0) is 31.5 Å². The zero-order valence-corrected chi connectivity index (χ0v) is 13.4. The lowest BCUT2D eigenvalue weighted by atomic mass is 10.2. The average molecular weight is 314 g/mol. The fraction of sp³-hybridized carbons (Fsp3) is 0.500. The molecule has 0 aliphatic carbocycles. The summed E-state index contributed by atoms with van der Waals surface area (Å²) in [6.45, 7) is 5.15. The molecule has 0 fully saturated rings. The molecule has 0 bridgehead atoms. The standard InChI is InChI=1S/C14H22N2O4S/c1-11(2)16(8-9-17)21(19,20)14-6-4-13(5-7-14)10-15-12(3)18/h4-7,11,17H,8-10H2,1-3H3,(H,15,18). The minimum absolute atomic E-state index is 0.0631. The number of carbonyl (C=O) groups excluding carboxylic acids is 1. The van der Waals surface area contributed by atoms with Gasteiger partial charge in [0.2, 0.25) is 15.9 Å². The van der Waals surface area contributed by atoms with Crippen molar-refractivity contribution in [1.82, 2.24) is 9.62 Å². The van der Waals surface area contributed by atoms with Gasteiger partial charge in [0.1, 0.15) is 0 Å². The smallest absolute Gasteiger partial charge is 0.243 e. The Hall–Kier alpha value is -1.44. The van der Waals surface area contributed by atoms with Crippen LogP contribution in [0.25, 0.3) is 0 Å². The van der Waals surface area contributed by atoms with E-state index in [2.05, 4.69) is 5.32 Å². The number of sulfonamides is 1. The van der Waals surface area contributed by atoms with Crippen LogP contribution in [0.3, 0.4) is 0 Å². The van der Waals surface area contributed by atoms with Crippen molar-refractivity contribution < 1.29 is 18.3 Å². The zero-order chi connectivity index (χ0) is 16.0. The van der Waals surface area contributed by atoms with Crippen molar-refractivity contribution in [2.24, 2.45) is 0 Å². The number of hydrogen-bond donors (Lipinski definition) is 2. The van der Waals surface area contributed by atoms with E-state index in [1.807, 2.05) is 0 Å². The summed E-state index contributed by atoms with van der Waals surface area (Å²) < 4.78 is 26.2. The highest BCUT2D eigenvalue weighted by Crippen LogP contribution is 2.18. The molecule has 0 aliphatic heterocycles. The number of carbonyl (C=O) groups is 1. The van der Waals surface area contributed by atoms with E-state index in [1.54, 1.807) is 26.0 Å². The Morgan fingerprint density at radius 3 is 2.29 bits per heavy atom. The van der Waals surface area contributed by atoms with Crippen LogP contribution in [0.1, 0.15) is 26.3 Å². The third-order valence-electron chi connectivity index (χ3n) is 2.97. The van der Waals surface area contributed by atoms with Crippen LogP contribution in [-0.2, 0) is 21.4 Å². The first-order valence-electron chi connectivity index (χ1n) is 6.75. The Kier molecular flexibility index (Phi) is 6.32. The Morgan fingerprint density at radius 1 is 1.29 bits per heavy atom. The van der Waals surface area contributed by atoms with Crippen LogP contribution in [0.15, 0.2) is 29.2 Å². The number of nitrogens with one attached hydrogen (secondary N) is 1. The first-order valence-corrected chi connectivity index (χ1v) is 8.19. The number of rotatable bonds is 7. The number of benzene rings is 1. The van der Waals surface area contributed by atoms with Crippen molar-refractivity contribution in [2.75, 3.05) is 13.2 Å². The second kappa shape index (κ2) is 7.53. The summed E-state index contributed by atoms with van der Waals surface area (Å²) in [6.07, 6.45) is 0. The minimum atomic E-state index is -3.62. The Labute approximate surface area is 125 Å². The topological polar surface area (TPSA) is 86.7 Å². The van der Waals surface area contributed by atoms with Crippen molar-refractivity contribution in [3.8, 4) is 0 Å². The lowest BCUT2D eigenvalue weighted by Crippen LogP contribution is -2.38. The van der Waals surface area contributed by atoms with Crippen LogP contribution in [0, 0.1) is 0 Å². The molecule has 1 amide bonds. The van der Waals surface area contributed by atoms with Gasteiger partial charge in [0.15, 0.2) is 0 Å². The lowest BCUT2D eigenvalue weighted by Gasteiger charge is -2.25. The summed E-state index contributed by atoms with van der Waals surface area (Å²) >= 11 is 0. The SMILES string of the molecule is CC(=O)NCc1ccc(S(=O)(=O)N(CCO)C(C)C)cc1. The third-order valence-corrected chi connectivity index (χ3v) is 5.06. The van der Waals surface area contributed by atoms with E-state index in [0.29, 0.717) is 6.54 Å². The van der Waals surface area contributed by atoms with Crippen molar-refractivity contribution in [2.45, 2.75) is 38.3 Å². The molecule has 0 radical (unpaired) electrons. The Balaban J connectivity index is 2.95. The molecule has 1 aromatic carbocycles. The van der Waals surface area contributed by atoms with Gasteiger partial charge in [0, 0.05) is 26.1 Å². The van der Waals surface area contributed by atoms with Crippen LogP contribution in [0.4, 0.5) is 0 Å². The van der Waals surface area contributed by atoms with E-state index in [1.165, 1.54) is 23.4 Å². The van der Waals surface area contributed by atoms with Crippen LogP contribution in [-0.4, -0.2) is 42.9 Å². The van der Waals surface area contributed by atoms with Gasteiger partial charge in [-0.2, -0.15) is 4.31 Å². The number of aliphatic hydroxyl groups is 1. The van der Waals surface area contributed by atoms with Crippen LogP contribution in [0.5, 0.6) is 0 Å². The maximum atomic E-state index is 12.5.